The quantitative estimate of drug-likeness (QED) is 0.688. The van der Waals surface area contributed by atoms with Crippen molar-refractivity contribution >= 4 is 0 Å². The molecule has 0 amide bonds. The lowest BCUT2D eigenvalue weighted by atomic mass is 9.78. The van der Waals surface area contributed by atoms with Crippen LogP contribution >= 0.6 is 0 Å². The molecule has 90 valence electrons. The summed E-state index contributed by atoms with van der Waals surface area (Å²) in [5.41, 5.74) is -1.13. The molecule has 0 saturated heterocycles. The first-order valence-electron chi connectivity index (χ1n) is 4.88. The molecule has 0 bridgehead atoms. The summed E-state index contributed by atoms with van der Waals surface area (Å²) < 4.78 is 42.3. The molecule has 3 nitrogen and oxygen atoms in total. The number of rotatable bonds is 3. The lowest BCUT2D eigenvalue weighted by molar-refractivity contribution is -0.339. The van der Waals surface area contributed by atoms with Crippen LogP contribution in [0.3, 0.4) is 0 Å². The minimum absolute atomic E-state index is 0.122. The average molecular weight is 224 g/mol. The van der Waals surface area contributed by atoms with Gasteiger partial charge in [-0.05, 0) is 6.92 Å². The number of halogens is 2. The van der Waals surface area contributed by atoms with E-state index in [1.165, 1.54) is 21.3 Å². The molecular weight excluding hydrogens is 206 g/mol. The Hall–Kier alpha value is -0.260. The summed E-state index contributed by atoms with van der Waals surface area (Å²) in [5.74, 6) is -3.80. The summed E-state index contributed by atoms with van der Waals surface area (Å²) in [5, 5.41) is 0. The Morgan fingerprint density at radius 3 is 1.87 bits per heavy atom. The molecule has 1 saturated carbocycles. The first kappa shape index (κ1) is 12.8. The van der Waals surface area contributed by atoms with E-state index in [9.17, 15) is 8.78 Å². The minimum Gasteiger partial charge on any atom is -0.373 e. The van der Waals surface area contributed by atoms with Crippen LogP contribution in [-0.2, 0) is 14.2 Å². The Bertz CT molecular complexity index is 229. The highest BCUT2D eigenvalue weighted by molar-refractivity contribution is 5.01. The van der Waals surface area contributed by atoms with Gasteiger partial charge in [0.1, 0.15) is 5.60 Å². The second-order valence-electron chi connectivity index (χ2n) is 4.13. The molecule has 1 rings (SSSR count). The van der Waals surface area contributed by atoms with Gasteiger partial charge in [-0.1, -0.05) is 0 Å². The monoisotopic (exact) mass is 224 g/mol. The Morgan fingerprint density at radius 1 is 0.933 bits per heavy atom. The Morgan fingerprint density at radius 2 is 1.47 bits per heavy atom. The number of hydrogen-bond donors (Lipinski definition) is 0. The van der Waals surface area contributed by atoms with Crippen LogP contribution in [0.5, 0.6) is 0 Å². The largest absolute Gasteiger partial charge is 0.373 e. The second kappa shape index (κ2) is 3.96. The van der Waals surface area contributed by atoms with Gasteiger partial charge in [-0.3, -0.25) is 0 Å². The topological polar surface area (TPSA) is 27.7 Å². The van der Waals surface area contributed by atoms with Gasteiger partial charge >= 0.3 is 0 Å². The van der Waals surface area contributed by atoms with Crippen molar-refractivity contribution in [3.63, 3.8) is 0 Å². The Labute approximate surface area is 88.7 Å². The fourth-order valence-corrected chi connectivity index (χ4v) is 2.28. The zero-order chi connectivity index (χ0) is 11.7. The standard InChI is InChI=1S/C10H18F2O3/c1-8(13-2)7-9(11,12)5-6-10(8,14-3)15-4/h5-7H2,1-4H3. The van der Waals surface area contributed by atoms with E-state index in [0.29, 0.717) is 0 Å². The molecule has 0 aromatic rings. The molecule has 0 heterocycles. The van der Waals surface area contributed by atoms with Crippen LogP contribution in [0.4, 0.5) is 8.78 Å². The van der Waals surface area contributed by atoms with Crippen LogP contribution in [0, 0.1) is 0 Å². The van der Waals surface area contributed by atoms with E-state index in [0.717, 1.165) is 0 Å². The van der Waals surface area contributed by atoms with Gasteiger partial charge in [0.15, 0.2) is 5.79 Å². The number of alkyl halides is 2. The Balaban J connectivity index is 3.00. The molecule has 0 aliphatic heterocycles. The van der Waals surface area contributed by atoms with Crippen molar-refractivity contribution in [3.05, 3.63) is 0 Å². The zero-order valence-electron chi connectivity index (χ0n) is 9.60. The maximum Gasteiger partial charge on any atom is 0.251 e. The third kappa shape index (κ3) is 2.00. The van der Waals surface area contributed by atoms with E-state index in [-0.39, 0.29) is 12.8 Å². The average Bonchev–Trinajstić information content (AvgIpc) is 2.18. The second-order valence-corrected chi connectivity index (χ2v) is 4.13. The van der Waals surface area contributed by atoms with Crippen molar-refractivity contribution in [1.29, 1.82) is 0 Å². The molecule has 0 radical (unpaired) electrons. The van der Waals surface area contributed by atoms with Crippen LogP contribution in [-0.4, -0.2) is 38.6 Å². The highest BCUT2D eigenvalue weighted by atomic mass is 19.3. The van der Waals surface area contributed by atoms with Gasteiger partial charge in [0.2, 0.25) is 0 Å². The summed E-state index contributed by atoms with van der Waals surface area (Å²) in [6.45, 7) is 1.59. The highest BCUT2D eigenvalue weighted by Crippen LogP contribution is 2.48. The summed E-state index contributed by atoms with van der Waals surface area (Å²) in [6, 6.07) is 0. The summed E-state index contributed by atoms with van der Waals surface area (Å²) >= 11 is 0. The maximum atomic E-state index is 13.3. The van der Waals surface area contributed by atoms with E-state index < -0.39 is 23.7 Å². The van der Waals surface area contributed by atoms with Crippen LogP contribution < -0.4 is 0 Å². The summed E-state index contributed by atoms with van der Waals surface area (Å²) in [4.78, 5) is 0. The normalized spacial score (nSPS) is 34.0. The van der Waals surface area contributed by atoms with Gasteiger partial charge in [-0.2, -0.15) is 0 Å². The highest BCUT2D eigenvalue weighted by Gasteiger charge is 2.59. The third-order valence-electron chi connectivity index (χ3n) is 3.33. The van der Waals surface area contributed by atoms with E-state index >= 15 is 0 Å². The maximum absolute atomic E-state index is 13.3. The lowest BCUT2D eigenvalue weighted by Gasteiger charge is -2.50. The van der Waals surface area contributed by atoms with Crippen LogP contribution in [0.2, 0.25) is 0 Å². The van der Waals surface area contributed by atoms with Crippen molar-refractivity contribution in [2.24, 2.45) is 0 Å². The molecule has 0 aromatic heterocycles. The number of hydrogen-bond acceptors (Lipinski definition) is 3. The molecule has 1 atom stereocenters. The fraction of sp³-hybridized carbons (Fsp3) is 1.00. The van der Waals surface area contributed by atoms with E-state index in [1.54, 1.807) is 6.92 Å². The smallest absolute Gasteiger partial charge is 0.251 e. The predicted molar refractivity (Wildman–Crippen MR) is 51.0 cm³/mol. The molecule has 1 aliphatic rings. The van der Waals surface area contributed by atoms with Crippen LogP contribution in [0.1, 0.15) is 26.2 Å². The van der Waals surface area contributed by atoms with Crippen molar-refractivity contribution in [2.75, 3.05) is 21.3 Å². The van der Waals surface area contributed by atoms with Gasteiger partial charge in [0, 0.05) is 40.6 Å². The molecule has 15 heavy (non-hydrogen) atoms. The molecular formula is C10H18F2O3. The van der Waals surface area contributed by atoms with Crippen LogP contribution in [0.25, 0.3) is 0 Å². The first-order valence-corrected chi connectivity index (χ1v) is 4.88. The molecule has 1 aliphatic carbocycles. The Kier molecular flexibility index (Phi) is 3.38. The SMILES string of the molecule is COC1(C)CC(F)(F)CCC1(OC)OC. The predicted octanol–water partition coefficient (Wildman–Crippen LogP) is 2.20. The third-order valence-corrected chi connectivity index (χ3v) is 3.33. The van der Waals surface area contributed by atoms with Crippen molar-refractivity contribution in [2.45, 2.75) is 43.5 Å². The van der Waals surface area contributed by atoms with Gasteiger partial charge in [0.05, 0.1) is 0 Å². The van der Waals surface area contributed by atoms with Gasteiger partial charge < -0.3 is 14.2 Å². The van der Waals surface area contributed by atoms with Crippen molar-refractivity contribution in [3.8, 4) is 0 Å². The van der Waals surface area contributed by atoms with E-state index in [1.807, 2.05) is 0 Å². The molecule has 5 heteroatoms. The zero-order valence-corrected chi connectivity index (χ0v) is 9.60. The number of ether oxygens (including phenoxy) is 3. The minimum atomic E-state index is -2.72. The van der Waals surface area contributed by atoms with Crippen molar-refractivity contribution in [1.82, 2.24) is 0 Å². The summed E-state index contributed by atoms with van der Waals surface area (Å²) in [6.07, 6.45) is -0.511. The van der Waals surface area contributed by atoms with E-state index in [2.05, 4.69) is 0 Å². The van der Waals surface area contributed by atoms with Gasteiger partial charge in [-0.25, -0.2) is 8.78 Å². The lowest BCUT2D eigenvalue weighted by Crippen LogP contribution is -2.61. The van der Waals surface area contributed by atoms with Gasteiger partial charge in [0.25, 0.3) is 5.92 Å². The number of methoxy groups -OCH3 is 3. The van der Waals surface area contributed by atoms with Gasteiger partial charge in [-0.15, -0.1) is 0 Å². The van der Waals surface area contributed by atoms with E-state index in [4.69, 9.17) is 14.2 Å². The molecule has 0 aromatic carbocycles. The molecule has 0 N–H and O–H groups in total. The molecule has 0 spiro atoms. The molecule has 1 fully saturated rings. The van der Waals surface area contributed by atoms with Crippen molar-refractivity contribution < 1.29 is 23.0 Å². The van der Waals surface area contributed by atoms with Crippen LogP contribution in [0.15, 0.2) is 0 Å². The fourth-order valence-electron chi connectivity index (χ4n) is 2.28. The molecule has 1 unspecified atom stereocenters. The first-order chi connectivity index (χ1) is 6.85. The summed E-state index contributed by atoms with van der Waals surface area (Å²) in [7, 11) is 4.29.